The highest BCUT2D eigenvalue weighted by Crippen LogP contribution is 2.27. The molecule has 4 aromatic rings. The molecular formula is C22H23N9O2. The van der Waals surface area contributed by atoms with Crippen LogP contribution in [0.15, 0.2) is 53.3 Å². The van der Waals surface area contributed by atoms with Gasteiger partial charge in [-0.2, -0.15) is 0 Å². The number of carbonyl (C=O) groups excluding carboxylic acids is 1. The van der Waals surface area contributed by atoms with Gasteiger partial charge in [0.25, 0.3) is 11.8 Å². The highest BCUT2D eigenvalue weighted by molar-refractivity contribution is 5.90. The molecule has 3 aromatic heterocycles. The van der Waals surface area contributed by atoms with Crippen LogP contribution < -0.4 is 11.1 Å². The number of amides is 1. The summed E-state index contributed by atoms with van der Waals surface area (Å²) in [4.78, 5) is 31.7. The zero-order chi connectivity index (χ0) is 22.6. The molecule has 1 saturated heterocycles. The van der Waals surface area contributed by atoms with Gasteiger partial charge in [0.15, 0.2) is 11.5 Å². The molecule has 0 radical (unpaired) electrons. The first-order valence-corrected chi connectivity index (χ1v) is 10.5. The lowest BCUT2D eigenvalue weighted by molar-refractivity contribution is 0.0754. The highest BCUT2D eigenvalue weighted by Gasteiger charge is 2.20. The lowest BCUT2D eigenvalue weighted by atomic mass is 10.2. The third-order valence-corrected chi connectivity index (χ3v) is 5.22. The standard InChI is InChI=1S/C22H21N9O2.H2/c23-18-17(21-30-29-20(33-21)14-5-2-1-3-6-14)28-16(13-25-18)15-11-26-19(27-12-15)22(32)31-9-4-7-24-8-10-31;/h1-3,5-6,11-13,24H,4,7-10H2,(H2,23,25);1H. The van der Waals surface area contributed by atoms with Crippen molar-refractivity contribution in [2.75, 3.05) is 31.9 Å². The van der Waals surface area contributed by atoms with Crippen LogP contribution in [0.1, 0.15) is 18.5 Å². The summed E-state index contributed by atoms with van der Waals surface area (Å²) in [6.45, 7) is 2.97. The molecule has 0 bridgehead atoms. The van der Waals surface area contributed by atoms with Crippen molar-refractivity contribution in [3.8, 4) is 34.3 Å². The number of anilines is 1. The fourth-order valence-corrected chi connectivity index (χ4v) is 3.47. The van der Waals surface area contributed by atoms with Gasteiger partial charge in [0.2, 0.25) is 11.7 Å². The van der Waals surface area contributed by atoms with E-state index in [2.05, 4.69) is 35.5 Å². The Kier molecular flexibility index (Phi) is 5.68. The molecule has 0 atom stereocenters. The highest BCUT2D eigenvalue weighted by atomic mass is 16.4. The first kappa shape index (κ1) is 20.6. The molecule has 0 aliphatic carbocycles. The van der Waals surface area contributed by atoms with E-state index in [0.717, 1.165) is 25.1 Å². The van der Waals surface area contributed by atoms with Gasteiger partial charge in [-0.15, -0.1) is 10.2 Å². The minimum atomic E-state index is -0.186. The lowest BCUT2D eigenvalue weighted by Gasteiger charge is -2.18. The molecule has 5 rings (SSSR count). The normalized spacial score (nSPS) is 14.1. The topological polar surface area (TPSA) is 149 Å². The SMILES string of the molecule is Nc1ncc(-c2cnc(C(=O)N3CCCNCC3)nc2)nc1-c1nnc(-c2ccccc2)o1.[HH]. The summed E-state index contributed by atoms with van der Waals surface area (Å²) in [5, 5.41) is 11.4. The van der Waals surface area contributed by atoms with Gasteiger partial charge in [0.05, 0.1) is 11.9 Å². The Morgan fingerprint density at radius 3 is 2.58 bits per heavy atom. The number of aromatic nitrogens is 6. The minimum Gasteiger partial charge on any atom is -0.414 e. The number of benzene rings is 1. The third kappa shape index (κ3) is 4.39. The predicted octanol–water partition coefficient (Wildman–Crippen LogP) is 1.91. The summed E-state index contributed by atoms with van der Waals surface area (Å²) < 4.78 is 5.76. The van der Waals surface area contributed by atoms with Crippen molar-refractivity contribution in [1.29, 1.82) is 0 Å². The summed E-state index contributed by atoms with van der Waals surface area (Å²) in [6, 6.07) is 9.40. The van der Waals surface area contributed by atoms with Crippen LogP contribution in [0.4, 0.5) is 5.82 Å². The van der Waals surface area contributed by atoms with Gasteiger partial charge in [0, 0.05) is 44.6 Å². The van der Waals surface area contributed by atoms with Crippen molar-refractivity contribution in [2.24, 2.45) is 0 Å². The van der Waals surface area contributed by atoms with Crippen molar-refractivity contribution >= 4 is 11.7 Å². The molecule has 1 aliphatic heterocycles. The van der Waals surface area contributed by atoms with Crippen LogP contribution in [0.5, 0.6) is 0 Å². The zero-order valence-corrected chi connectivity index (χ0v) is 17.7. The average Bonchev–Trinajstić information content (AvgIpc) is 3.19. The monoisotopic (exact) mass is 445 g/mol. The van der Waals surface area contributed by atoms with Crippen LogP contribution in [0.2, 0.25) is 0 Å². The van der Waals surface area contributed by atoms with Crippen molar-refractivity contribution in [1.82, 2.24) is 40.3 Å². The number of nitrogens with two attached hydrogens (primary N) is 1. The van der Waals surface area contributed by atoms with E-state index in [1.54, 1.807) is 17.3 Å². The maximum Gasteiger partial charge on any atom is 0.291 e. The van der Waals surface area contributed by atoms with Gasteiger partial charge >= 0.3 is 0 Å². The number of rotatable bonds is 4. The van der Waals surface area contributed by atoms with Gasteiger partial charge in [-0.3, -0.25) is 4.79 Å². The summed E-state index contributed by atoms with van der Waals surface area (Å²) in [6.07, 6.45) is 5.50. The zero-order valence-electron chi connectivity index (χ0n) is 17.7. The van der Waals surface area contributed by atoms with E-state index in [0.29, 0.717) is 30.2 Å². The van der Waals surface area contributed by atoms with E-state index in [-0.39, 0.29) is 30.6 Å². The average molecular weight is 445 g/mol. The Labute approximate surface area is 190 Å². The van der Waals surface area contributed by atoms with Crippen LogP contribution in [-0.2, 0) is 0 Å². The van der Waals surface area contributed by atoms with Crippen molar-refractivity contribution in [3.05, 3.63) is 54.7 Å². The van der Waals surface area contributed by atoms with Crippen molar-refractivity contribution < 1.29 is 10.6 Å². The fraction of sp³-hybridized carbons (Fsp3) is 0.227. The molecule has 168 valence electrons. The number of hydrogen-bond acceptors (Lipinski definition) is 10. The molecule has 0 unspecified atom stereocenters. The van der Waals surface area contributed by atoms with Gasteiger partial charge in [-0.25, -0.2) is 19.9 Å². The Morgan fingerprint density at radius 1 is 0.970 bits per heavy atom. The van der Waals surface area contributed by atoms with Gasteiger partial charge < -0.3 is 20.4 Å². The third-order valence-electron chi connectivity index (χ3n) is 5.22. The molecule has 4 heterocycles. The van der Waals surface area contributed by atoms with E-state index < -0.39 is 0 Å². The molecule has 0 spiro atoms. The van der Waals surface area contributed by atoms with Gasteiger partial charge in [-0.1, -0.05) is 18.2 Å². The lowest BCUT2D eigenvalue weighted by Crippen LogP contribution is -2.35. The maximum atomic E-state index is 12.7. The second-order valence-electron chi connectivity index (χ2n) is 7.46. The predicted molar refractivity (Wildman–Crippen MR) is 122 cm³/mol. The summed E-state index contributed by atoms with van der Waals surface area (Å²) in [7, 11) is 0. The van der Waals surface area contributed by atoms with Crippen LogP contribution in [0.25, 0.3) is 34.3 Å². The van der Waals surface area contributed by atoms with Gasteiger partial charge in [-0.05, 0) is 25.1 Å². The summed E-state index contributed by atoms with van der Waals surface area (Å²) in [5.41, 5.74) is 8.12. The van der Waals surface area contributed by atoms with Gasteiger partial charge in [0.1, 0.15) is 0 Å². The number of nitrogen functional groups attached to an aromatic ring is 1. The quantitative estimate of drug-likeness (QED) is 0.477. The second kappa shape index (κ2) is 9.09. The van der Waals surface area contributed by atoms with Crippen molar-refractivity contribution in [3.63, 3.8) is 0 Å². The van der Waals surface area contributed by atoms with E-state index in [1.807, 2.05) is 30.3 Å². The van der Waals surface area contributed by atoms with Crippen LogP contribution in [0, 0.1) is 0 Å². The number of hydrogen-bond donors (Lipinski definition) is 2. The Hall–Kier alpha value is -4.25. The van der Waals surface area contributed by atoms with E-state index in [4.69, 9.17) is 10.2 Å². The smallest absolute Gasteiger partial charge is 0.291 e. The molecule has 11 nitrogen and oxygen atoms in total. The van der Waals surface area contributed by atoms with Crippen LogP contribution >= 0.6 is 0 Å². The molecule has 1 amide bonds. The summed E-state index contributed by atoms with van der Waals surface area (Å²) >= 11 is 0. The molecule has 1 fully saturated rings. The van der Waals surface area contributed by atoms with Crippen LogP contribution in [0.3, 0.4) is 0 Å². The first-order valence-electron chi connectivity index (χ1n) is 10.5. The molecule has 1 aromatic carbocycles. The molecule has 11 heteroatoms. The largest absolute Gasteiger partial charge is 0.414 e. The number of nitrogens with zero attached hydrogens (tertiary/aromatic N) is 7. The van der Waals surface area contributed by atoms with E-state index in [9.17, 15) is 4.79 Å². The van der Waals surface area contributed by atoms with Crippen molar-refractivity contribution in [2.45, 2.75) is 6.42 Å². The first-order chi connectivity index (χ1) is 16.2. The number of carbonyl (C=O) groups is 1. The molecule has 3 N–H and O–H groups in total. The number of nitrogens with one attached hydrogen (secondary N) is 1. The molecular weight excluding hydrogens is 422 g/mol. The molecule has 33 heavy (non-hydrogen) atoms. The van der Waals surface area contributed by atoms with Crippen LogP contribution in [-0.4, -0.2) is 67.1 Å². The fourth-order valence-electron chi connectivity index (χ4n) is 3.47. The summed E-state index contributed by atoms with van der Waals surface area (Å²) in [5.74, 6) is 0.627. The second-order valence-corrected chi connectivity index (χ2v) is 7.46. The molecule has 0 saturated carbocycles. The Morgan fingerprint density at radius 2 is 1.76 bits per heavy atom. The Balaban J connectivity index is 0.00000274. The minimum absolute atomic E-state index is 0. The Bertz CT molecular complexity index is 1260. The maximum absolute atomic E-state index is 12.7. The molecule has 1 aliphatic rings. The van der Waals surface area contributed by atoms with E-state index in [1.165, 1.54) is 6.20 Å². The van der Waals surface area contributed by atoms with E-state index >= 15 is 0 Å².